The monoisotopic (exact) mass is 231 g/mol. The molecule has 0 spiro atoms. The Morgan fingerprint density at radius 2 is 1.65 bits per heavy atom. The van der Waals surface area contributed by atoms with E-state index in [1.165, 1.54) is 36.1 Å². The molecule has 1 N–H and O–H groups in total. The number of benzene rings is 1. The van der Waals surface area contributed by atoms with E-state index in [1.54, 1.807) is 0 Å². The molecule has 0 saturated heterocycles. The zero-order chi connectivity index (χ0) is 12.4. The van der Waals surface area contributed by atoms with E-state index < -0.39 is 0 Å². The smallest absolute Gasteiger partial charge is 0.0347 e. The summed E-state index contributed by atoms with van der Waals surface area (Å²) in [6, 6.07) is 7.41. The van der Waals surface area contributed by atoms with Crippen LogP contribution in [-0.2, 0) is 0 Å². The van der Waals surface area contributed by atoms with E-state index in [0.29, 0.717) is 6.04 Å². The van der Waals surface area contributed by atoms with Gasteiger partial charge in [0.25, 0.3) is 0 Å². The molecule has 2 rings (SSSR count). The van der Waals surface area contributed by atoms with E-state index in [1.807, 2.05) is 0 Å². The van der Waals surface area contributed by atoms with Crippen molar-refractivity contribution >= 4 is 5.69 Å². The third-order valence-electron chi connectivity index (χ3n) is 4.28. The summed E-state index contributed by atoms with van der Waals surface area (Å²) in [5, 5.41) is 3.74. The molecule has 0 heterocycles. The molecule has 0 bridgehead atoms. The van der Waals surface area contributed by atoms with Gasteiger partial charge in [0.05, 0.1) is 0 Å². The Hall–Kier alpha value is -0.980. The number of nitrogens with one attached hydrogen (secondary N) is 1. The molecule has 3 unspecified atom stereocenters. The lowest BCUT2D eigenvalue weighted by Gasteiger charge is -2.35. The first-order chi connectivity index (χ1) is 8.06. The normalized spacial score (nSPS) is 29.1. The lowest BCUT2D eigenvalue weighted by molar-refractivity contribution is 0.253. The first-order valence-corrected chi connectivity index (χ1v) is 6.91. The zero-order valence-corrected chi connectivity index (χ0v) is 11.6. The molecule has 1 fully saturated rings. The highest BCUT2D eigenvalue weighted by atomic mass is 14.9. The number of hydrogen-bond donors (Lipinski definition) is 1. The van der Waals surface area contributed by atoms with E-state index in [0.717, 1.165) is 11.8 Å². The minimum atomic E-state index is 0.653. The maximum atomic E-state index is 3.74. The molecule has 17 heavy (non-hydrogen) atoms. The molecule has 1 aliphatic carbocycles. The van der Waals surface area contributed by atoms with Crippen LogP contribution in [0.4, 0.5) is 5.69 Å². The predicted octanol–water partition coefficient (Wildman–Crippen LogP) is 4.54. The quantitative estimate of drug-likeness (QED) is 0.788. The van der Waals surface area contributed by atoms with E-state index in [9.17, 15) is 0 Å². The predicted molar refractivity (Wildman–Crippen MR) is 75.5 cm³/mol. The Morgan fingerprint density at radius 1 is 1.00 bits per heavy atom. The molecule has 1 heteroatoms. The van der Waals surface area contributed by atoms with Gasteiger partial charge in [0.1, 0.15) is 0 Å². The maximum Gasteiger partial charge on any atom is 0.0347 e. The van der Waals surface area contributed by atoms with E-state index >= 15 is 0 Å². The fraction of sp³-hybridized carbons (Fsp3) is 0.625. The van der Waals surface area contributed by atoms with E-state index in [2.05, 4.69) is 51.2 Å². The van der Waals surface area contributed by atoms with E-state index in [-0.39, 0.29) is 0 Å². The van der Waals surface area contributed by atoms with Crippen molar-refractivity contribution in [2.45, 2.75) is 53.0 Å². The molecule has 1 nitrogen and oxygen atoms in total. The van der Waals surface area contributed by atoms with Gasteiger partial charge in [-0.25, -0.2) is 0 Å². The van der Waals surface area contributed by atoms with Crippen molar-refractivity contribution in [1.29, 1.82) is 0 Å². The van der Waals surface area contributed by atoms with Crippen molar-refractivity contribution in [3.63, 3.8) is 0 Å². The van der Waals surface area contributed by atoms with Gasteiger partial charge in [-0.1, -0.05) is 32.8 Å². The summed E-state index contributed by atoms with van der Waals surface area (Å²) < 4.78 is 0. The fourth-order valence-corrected chi connectivity index (χ4v) is 3.06. The minimum Gasteiger partial charge on any atom is -0.382 e. The number of hydrogen-bond acceptors (Lipinski definition) is 1. The van der Waals surface area contributed by atoms with Gasteiger partial charge >= 0.3 is 0 Å². The molecule has 0 amide bonds. The summed E-state index contributed by atoms with van der Waals surface area (Å²) in [5.41, 5.74) is 4.00. The van der Waals surface area contributed by atoms with Crippen LogP contribution in [0.3, 0.4) is 0 Å². The second-order valence-electron chi connectivity index (χ2n) is 5.89. The van der Waals surface area contributed by atoms with Crippen molar-refractivity contribution < 1.29 is 0 Å². The molecule has 1 aromatic rings. The fourth-order valence-electron chi connectivity index (χ4n) is 3.06. The van der Waals surface area contributed by atoms with Crippen molar-refractivity contribution in [1.82, 2.24) is 0 Å². The summed E-state index contributed by atoms with van der Waals surface area (Å²) in [6.45, 7) is 9.13. The molecule has 0 radical (unpaired) electrons. The molecule has 1 aromatic carbocycles. The third-order valence-corrected chi connectivity index (χ3v) is 4.28. The molecule has 0 aliphatic heterocycles. The molecule has 3 atom stereocenters. The van der Waals surface area contributed by atoms with Crippen LogP contribution in [0.15, 0.2) is 18.2 Å². The Morgan fingerprint density at radius 3 is 2.29 bits per heavy atom. The molecular formula is C16H25N. The Kier molecular flexibility index (Phi) is 3.76. The second kappa shape index (κ2) is 5.12. The van der Waals surface area contributed by atoms with Crippen LogP contribution in [0.1, 0.15) is 44.2 Å². The first-order valence-electron chi connectivity index (χ1n) is 6.91. The van der Waals surface area contributed by atoms with E-state index in [4.69, 9.17) is 0 Å². The summed E-state index contributed by atoms with van der Waals surface area (Å²) in [4.78, 5) is 0. The summed E-state index contributed by atoms with van der Waals surface area (Å²) in [6.07, 6.45) is 4.08. The Bertz CT molecular complexity index is 363. The number of aryl methyl sites for hydroxylation is 2. The van der Waals surface area contributed by atoms with Crippen molar-refractivity contribution in [2.75, 3.05) is 5.32 Å². The Labute approximate surface area is 106 Å². The zero-order valence-electron chi connectivity index (χ0n) is 11.6. The van der Waals surface area contributed by atoms with Gasteiger partial charge in [-0.15, -0.1) is 0 Å². The SMILES string of the molecule is Cc1cc(C)cc(NC2CCCC(C)C2C)c1. The van der Waals surface area contributed by atoms with Crippen molar-refractivity contribution in [3.8, 4) is 0 Å². The lowest BCUT2D eigenvalue weighted by atomic mass is 9.78. The van der Waals surface area contributed by atoms with Crippen LogP contribution in [0.2, 0.25) is 0 Å². The summed E-state index contributed by atoms with van der Waals surface area (Å²) in [7, 11) is 0. The summed E-state index contributed by atoms with van der Waals surface area (Å²) >= 11 is 0. The van der Waals surface area contributed by atoms with Gasteiger partial charge < -0.3 is 5.32 Å². The number of rotatable bonds is 2. The molecule has 1 saturated carbocycles. The standard InChI is InChI=1S/C16H25N/c1-11-8-12(2)10-15(9-11)17-16-7-5-6-13(3)14(16)4/h8-10,13-14,16-17H,5-7H2,1-4H3. The van der Waals surface area contributed by atoms with Gasteiger partial charge in [0, 0.05) is 11.7 Å². The molecule has 1 aliphatic rings. The van der Waals surface area contributed by atoms with Crippen LogP contribution in [-0.4, -0.2) is 6.04 Å². The highest BCUT2D eigenvalue weighted by molar-refractivity contribution is 5.49. The molecular weight excluding hydrogens is 206 g/mol. The third kappa shape index (κ3) is 3.02. The first kappa shape index (κ1) is 12.5. The van der Waals surface area contributed by atoms with Gasteiger partial charge in [0.15, 0.2) is 0 Å². The van der Waals surface area contributed by atoms with Crippen molar-refractivity contribution in [2.24, 2.45) is 11.8 Å². The molecule has 0 aromatic heterocycles. The topological polar surface area (TPSA) is 12.0 Å². The summed E-state index contributed by atoms with van der Waals surface area (Å²) in [5.74, 6) is 1.64. The van der Waals surface area contributed by atoms with Crippen LogP contribution in [0.5, 0.6) is 0 Å². The molecule has 94 valence electrons. The highest BCUT2D eigenvalue weighted by Gasteiger charge is 2.26. The van der Waals surface area contributed by atoms with Gasteiger partial charge in [-0.3, -0.25) is 0 Å². The second-order valence-corrected chi connectivity index (χ2v) is 5.89. The largest absolute Gasteiger partial charge is 0.382 e. The van der Waals surface area contributed by atoms with Crippen LogP contribution >= 0.6 is 0 Å². The average Bonchev–Trinajstić information content (AvgIpc) is 2.23. The van der Waals surface area contributed by atoms with Crippen LogP contribution in [0, 0.1) is 25.7 Å². The number of anilines is 1. The van der Waals surface area contributed by atoms with Crippen molar-refractivity contribution in [3.05, 3.63) is 29.3 Å². The lowest BCUT2D eigenvalue weighted by Crippen LogP contribution is -2.35. The van der Waals surface area contributed by atoms with Gasteiger partial charge in [-0.2, -0.15) is 0 Å². The average molecular weight is 231 g/mol. The maximum absolute atomic E-state index is 3.74. The van der Waals surface area contributed by atoms with Gasteiger partial charge in [0.2, 0.25) is 0 Å². The van der Waals surface area contributed by atoms with Crippen LogP contribution in [0.25, 0.3) is 0 Å². The van der Waals surface area contributed by atoms with Gasteiger partial charge in [-0.05, 0) is 55.4 Å². The van der Waals surface area contributed by atoms with Crippen LogP contribution < -0.4 is 5.32 Å². The Balaban J connectivity index is 2.09. The highest BCUT2D eigenvalue weighted by Crippen LogP contribution is 2.31. The minimum absolute atomic E-state index is 0.653.